The van der Waals surface area contributed by atoms with Crippen molar-refractivity contribution in [1.29, 1.82) is 47.4 Å². The highest BCUT2D eigenvalue weighted by atomic mass is 15.0. The molecule has 0 N–H and O–H groups in total. The standard InChI is InChI=1S/C68H30N12/c69-29-40-2-1-3-53(16-40)68-66(79-62-8-4-49(54-17-41(30-70)12-42(18-54)31-71)25-58(62)59-26-50(5-9-63(59)79)55-19-43(32-72)13-44(20-55)33-73)38-78-39-67(68)80-64-10-6-51(56-21-45(34-74)14-46(22-56)35-75)27-60(64)61-28-52(7-11-65(61)80)57-23-47(36-76)15-48(24-57)37-77/h1-28,38-39H. The van der Waals surface area contributed by atoms with E-state index in [1.165, 1.54) is 0 Å². The summed E-state index contributed by atoms with van der Waals surface area (Å²) < 4.78 is 4.24. The molecular formula is C68H30N12. The van der Waals surface area contributed by atoms with Crippen LogP contribution in [0, 0.1) is 102 Å². The summed E-state index contributed by atoms with van der Waals surface area (Å²) in [4.78, 5) is 5.01. The van der Waals surface area contributed by atoms with Crippen molar-refractivity contribution < 1.29 is 0 Å². The molecule has 12 nitrogen and oxygen atoms in total. The second kappa shape index (κ2) is 19.4. The fourth-order valence-corrected chi connectivity index (χ4v) is 10.8. The quantitative estimate of drug-likeness (QED) is 0.146. The molecule has 9 aromatic carbocycles. The highest BCUT2D eigenvalue weighted by molar-refractivity contribution is 6.14. The Balaban J connectivity index is 1.18. The minimum atomic E-state index is 0.335. The molecule has 0 aliphatic rings. The fourth-order valence-electron chi connectivity index (χ4n) is 10.8. The molecule has 0 fully saturated rings. The molecule has 0 bridgehead atoms. The van der Waals surface area contributed by atoms with Crippen molar-refractivity contribution in [3.8, 4) is 122 Å². The first-order valence-corrected chi connectivity index (χ1v) is 24.6. The highest BCUT2D eigenvalue weighted by Crippen LogP contribution is 2.45. The highest BCUT2D eigenvalue weighted by Gasteiger charge is 2.25. The summed E-state index contributed by atoms with van der Waals surface area (Å²) in [6, 6.07) is 71.1. The number of nitriles is 9. The Labute approximate surface area is 456 Å². The summed E-state index contributed by atoms with van der Waals surface area (Å²) in [7, 11) is 0. The first kappa shape index (κ1) is 48.1. The van der Waals surface area contributed by atoms with Gasteiger partial charge >= 0.3 is 0 Å². The van der Waals surface area contributed by atoms with Gasteiger partial charge in [0.15, 0.2) is 0 Å². The molecule has 12 heteroatoms. The minimum absolute atomic E-state index is 0.335. The molecule has 12 aromatic rings. The summed E-state index contributed by atoms with van der Waals surface area (Å²) >= 11 is 0. The lowest BCUT2D eigenvalue weighted by atomic mass is 9.97. The van der Waals surface area contributed by atoms with E-state index in [1.54, 1.807) is 91.3 Å². The lowest BCUT2D eigenvalue weighted by molar-refractivity contribution is 1.09. The predicted molar refractivity (Wildman–Crippen MR) is 303 cm³/mol. The second-order valence-corrected chi connectivity index (χ2v) is 18.9. The van der Waals surface area contributed by atoms with Crippen molar-refractivity contribution in [2.24, 2.45) is 0 Å². The molecule has 0 radical (unpaired) electrons. The van der Waals surface area contributed by atoms with Gasteiger partial charge in [-0.1, -0.05) is 36.4 Å². The Morgan fingerprint density at radius 2 is 0.512 bits per heavy atom. The van der Waals surface area contributed by atoms with Gasteiger partial charge in [-0.2, -0.15) is 47.4 Å². The van der Waals surface area contributed by atoms with Crippen LogP contribution in [-0.2, 0) is 0 Å². The van der Waals surface area contributed by atoms with Crippen LogP contribution < -0.4 is 0 Å². The molecule has 0 amide bonds. The zero-order valence-electron chi connectivity index (χ0n) is 41.7. The average molecular weight is 1020 g/mol. The fraction of sp³-hybridized carbons (Fsp3) is 0. The van der Waals surface area contributed by atoms with Crippen LogP contribution in [0.5, 0.6) is 0 Å². The first-order chi connectivity index (χ1) is 39.2. The Hall–Kier alpha value is -12.9. The van der Waals surface area contributed by atoms with Crippen molar-refractivity contribution in [3.63, 3.8) is 0 Å². The van der Waals surface area contributed by atoms with Crippen LogP contribution in [0.25, 0.3) is 111 Å². The van der Waals surface area contributed by atoms with Gasteiger partial charge in [-0.15, -0.1) is 0 Å². The van der Waals surface area contributed by atoms with E-state index in [0.29, 0.717) is 94.8 Å². The van der Waals surface area contributed by atoms with Crippen LogP contribution >= 0.6 is 0 Å². The number of rotatable bonds is 7. The maximum absolute atomic E-state index is 10.4. The normalized spacial score (nSPS) is 10.6. The van der Waals surface area contributed by atoms with Crippen LogP contribution in [-0.4, -0.2) is 14.1 Å². The van der Waals surface area contributed by atoms with E-state index < -0.39 is 0 Å². The molecule has 0 saturated heterocycles. The van der Waals surface area contributed by atoms with Crippen molar-refractivity contribution in [1.82, 2.24) is 14.1 Å². The van der Waals surface area contributed by atoms with Crippen LogP contribution in [0.15, 0.2) is 182 Å². The van der Waals surface area contributed by atoms with E-state index in [2.05, 4.69) is 63.8 Å². The Kier molecular flexibility index (Phi) is 11.7. The molecule has 0 atom stereocenters. The molecule has 3 aromatic heterocycles. The predicted octanol–water partition coefficient (Wildman–Crippen LogP) is 14.5. The maximum Gasteiger partial charge on any atom is 0.0992 e. The SMILES string of the molecule is N#Cc1cc(C#N)cc(-c2ccc3c(c2)c2cc(-c4cc(C#N)cc(C#N)c4)ccc2n3-c2cncc(-n3c4ccc(-c5cc(C#N)cc(C#N)c5)cc4c4cc(-c5cc(C#N)cc(C#N)c5)ccc43)c2-c2cccc(C#N)c2)c1. The number of fused-ring (bicyclic) bond motifs is 6. The van der Waals surface area contributed by atoms with E-state index in [4.69, 9.17) is 4.98 Å². The molecule has 80 heavy (non-hydrogen) atoms. The van der Waals surface area contributed by atoms with Crippen molar-refractivity contribution in [3.05, 3.63) is 232 Å². The molecule has 362 valence electrons. The van der Waals surface area contributed by atoms with Gasteiger partial charge in [-0.3, -0.25) is 4.98 Å². The lowest BCUT2D eigenvalue weighted by Gasteiger charge is -2.20. The summed E-state index contributed by atoms with van der Waals surface area (Å²) in [5.74, 6) is 0. The molecule has 3 heterocycles. The van der Waals surface area contributed by atoms with Crippen molar-refractivity contribution >= 4 is 43.6 Å². The number of pyridine rings is 1. The molecule has 0 aliphatic carbocycles. The van der Waals surface area contributed by atoms with Gasteiger partial charge in [0.05, 0.1) is 151 Å². The monoisotopic (exact) mass is 1010 g/mol. The Morgan fingerprint density at radius 1 is 0.250 bits per heavy atom. The molecular weight excluding hydrogens is 985 g/mol. The lowest BCUT2D eigenvalue weighted by Crippen LogP contribution is -2.05. The van der Waals surface area contributed by atoms with E-state index >= 15 is 0 Å². The zero-order valence-corrected chi connectivity index (χ0v) is 41.7. The van der Waals surface area contributed by atoms with E-state index in [0.717, 1.165) is 65.9 Å². The van der Waals surface area contributed by atoms with Crippen LogP contribution in [0.1, 0.15) is 50.1 Å². The van der Waals surface area contributed by atoms with Crippen LogP contribution in [0.4, 0.5) is 0 Å². The summed E-state index contributed by atoms with van der Waals surface area (Å²) in [5, 5.41) is 93.4. The van der Waals surface area contributed by atoms with Gasteiger partial charge < -0.3 is 9.13 Å². The minimum Gasteiger partial charge on any atom is -0.307 e. The van der Waals surface area contributed by atoms with Gasteiger partial charge in [0.25, 0.3) is 0 Å². The van der Waals surface area contributed by atoms with Gasteiger partial charge in [-0.05, 0) is 184 Å². The number of hydrogen-bond acceptors (Lipinski definition) is 10. The van der Waals surface area contributed by atoms with E-state index in [9.17, 15) is 47.4 Å². The van der Waals surface area contributed by atoms with Crippen molar-refractivity contribution in [2.45, 2.75) is 0 Å². The third-order valence-electron chi connectivity index (χ3n) is 14.3. The van der Waals surface area contributed by atoms with Gasteiger partial charge in [-0.25, -0.2) is 0 Å². The van der Waals surface area contributed by atoms with E-state index in [-0.39, 0.29) is 0 Å². The summed E-state index contributed by atoms with van der Waals surface area (Å²) in [5.41, 5.74) is 14.5. The molecule has 12 rings (SSSR count). The van der Waals surface area contributed by atoms with Gasteiger partial charge in [0, 0.05) is 27.1 Å². The third kappa shape index (κ3) is 8.17. The topological polar surface area (TPSA) is 237 Å². The average Bonchev–Trinajstić information content (AvgIpc) is 4.24. The molecule has 0 saturated carbocycles. The van der Waals surface area contributed by atoms with Crippen LogP contribution in [0.3, 0.4) is 0 Å². The third-order valence-corrected chi connectivity index (χ3v) is 14.3. The molecule has 0 aliphatic heterocycles. The Morgan fingerprint density at radius 3 is 0.775 bits per heavy atom. The van der Waals surface area contributed by atoms with Gasteiger partial charge in [0.2, 0.25) is 0 Å². The first-order valence-electron chi connectivity index (χ1n) is 24.6. The smallest absolute Gasteiger partial charge is 0.0992 e. The van der Waals surface area contributed by atoms with Crippen LogP contribution in [0.2, 0.25) is 0 Å². The van der Waals surface area contributed by atoms with E-state index in [1.807, 2.05) is 91.0 Å². The number of hydrogen-bond donors (Lipinski definition) is 0. The number of nitrogens with zero attached hydrogens (tertiary/aromatic N) is 12. The largest absolute Gasteiger partial charge is 0.307 e. The zero-order chi connectivity index (χ0) is 55.2. The van der Waals surface area contributed by atoms with Gasteiger partial charge in [0.1, 0.15) is 0 Å². The number of benzene rings is 9. The number of aromatic nitrogens is 3. The summed E-state index contributed by atoms with van der Waals surface area (Å²) in [6.07, 6.45) is 3.58. The molecule has 0 spiro atoms. The Bertz CT molecular complexity index is 4460. The maximum atomic E-state index is 10.4. The van der Waals surface area contributed by atoms with Crippen molar-refractivity contribution in [2.75, 3.05) is 0 Å². The second-order valence-electron chi connectivity index (χ2n) is 18.9. The molecule has 0 unspecified atom stereocenters. The summed E-state index contributed by atoms with van der Waals surface area (Å²) in [6.45, 7) is 0.